The van der Waals surface area contributed by atoms with Gasteiger partial charge in [0.25, 0.3) is 0 Å². The Balaban J connectivity index is 3.56. The summed E-state index contributed by atoms with van der Waals surface area (Å²) in [5.41, 5.74) is -4.57. The number of amides is 2. The smallest absolute Gasteiger partial charge is 0.424 e. The number of halogens is 2. The summed E-state index contributed by atoms with van der Waals surface area (Å²) in [6.07, 6.45) is -2.88. The Morgan fingerprint density at radius 1 is 1.00 bits per heavy atom. The van der Waals surface area contributed by atoms with E-state index >= 15 is 0 Å². The van der Waals surface area contributed by atoms with Crippen molar-refractivity contribution in [3.8, 4) is 0 Å². The second kappa shape index (κ2) is 7.22. The highest BCUT2D eigenvalue weighted by Crippen LogP contribution is 2.32. The molecule has 0 atom stereocenters. The molecule has 0 radical (unpaired) electrons. The van der Waals surface area contributed by atoms with Gasteiger partial charge in [-0.25, -0.2) is 14.0 Å². The van der Waals surface area contributed by atoms with Gasteiger partial charge in [-0.05, 0) is 47.6 Å². The van der Waals surface area contributed by atoms with Crippen molar-refractivity contribution >= 4 is 23.6 Å². The highest BCUT2D eigenvalue weighted by molar-refractivity contribution is 6.10. The molecule has 0 saturated carbocycles. The van der Waals surface area contributed by atoms with Crippen molar-refractivity contribution < 1.29 is 32.8 Å². The summed E-state index contributed by atoms with van der Waals surface area (Å²) in [6.45, 7) is 8.82. The van der Waals surface area contributed by atoms with Crippen molar-refractivity contribution in [2.75, 3.05) is 4.90 Å². The SMILES string of the molecule is CC(C)(C)OC(=O)N(C(=O)OC(C)(C)C)c1c(F)ccc([N+](=O)[O-])c1F. The Kier molecular flexibility index (Phi) is 5.91. The molecule has 8 nitrogen and oxygen atoms in total. The predicted molar refractivity (Wildman–Crippen MR) is 88.0 cm³/mol. The largest absolute Gasteiger partial charge is 0.443 e. The van der Waals surface area contributed by atoms with Crippen LogP contribution < -0.4 is 4.90 Å². The van der Waals surface area contributed by atoms with Gasteiger partial charge in [0.1, 0.15) is 16.9 Å². The van der Waals surface area contributed by atoms with Crippen LogP contribution in [0.5, 0.6) is 0 Å². The van der Waals surface area contributed by atoms with E-state index in [0.29, 0.717) is 12.1 Å². The van der Waals surface area contributed by atoms with E-state index in [0.717, 1.165) is 0 Å². The number of carbonyl (C=O) groups is 2. The van der Waals surface area contributed by atoms with Gasteiger partial charge in [0.15, 0.2) is 5.82 Å². The van der Waals surface area contributed by atoms with Crippen LogP contribution in [0.3, 0.4) is 0 Å². The highest BCUT2D eigenvalue weighted by Gasteiger charge is 2.38. The fourth-order valence-electron chi connectivity index (χ4n) is 1.75. The maximum atomic E-state index is 14.5. The minimum Gasteiger partial charge on any atom is -0.443 e. The van der Waals surface area contributed by atoms with Crippen LogP contribution >= 0.6 is 0 Å². The van der Waals surface area contributed by atoms with Gasteiger partial charge < -0.3 is 9.47 Å². The van der Waals surface area contributed by atoms with Crippen LogP contribution in [0, 0.1) is 21.7 Å². The van der Waals surface area contributed by atoms with Gasteiger partial charge in [-0.2, -0.15) is 9.29 Å². The first-order valence-corrected chi connectivity index (χ1v) is 7.52. The van der Waals surface area contributed by atoms with Crippen molar-refractivity contribution in [1.82, 2.24) is 0 Å². The van der Waals surface area contributed by atoms with Crippen LogP contribution in [0.25, 0.3) is 0 Å². The van der Waals surface area contributed by atoms with Crippen LogP contribution in [-0.4, -0.2) is 28.3 Å². The molecule has 144 valence electrons. The molecular formula is C16H20F2N2O6. The average Bonchev–Trinajstić information content (AvgIpc) is 2.38. The summed E-state index contributed by atoms with van der Waals surface area (Å²) >= 11 is 0. The van der Waals surface area contributed by atoms with Gasteiger partial charge in [-0.1, -0.05) is 0 Å². The number of nitrogens with zero attached hydrogens (tertiary/aromatic N) is 2. The molecule has 0 aliphatic carbocycles. The molecule has 0 N–H and O–H groups in total. The molecule has 0 aliphatic heterocycles. The Hall–Kier alpha value is -2.78. The summed E-state index contributed by atoms with van der Waals surface area (Å²) in [6, 6.07) is 1.15. The molecule has 0 aliphatic rings. The molecule has 0 fully saturated rings. The number of carbonyl (C=O) groups excluding carboxylic acids is 2. The number of ether oxygens (including phenoxy) is 2. The third kappa shape index (κ3) is 5.36. The van der Waals surface area contributed by atoms with Crippen molar-refractivity contribution in [1.29, 1.82) is 0 Å². The lowest BCUT2D eigenvalue weighted by Gasteiger charge is -2.28. The predicted octanol–water partition coefficient (Wildman–Crippen LogP) is 4.55. The van der Waals surface area contributed by atoms with Crippen LogP contribution in [0.1, 0.15) is 41.5 Å². The van der Waals surface area contributed by atoms with E-state index in [1.807, 2.05) is 0 Å². The Labute approximate surface area is 148 Å². The Bertz CT molecular complexity index is 709. The molecule has 1 rings (SSSR count). The third-order valence-electron chi connectivity index (χ3n) is 2.62. The summed E-state index contributed by atoms with van der Waals surface area (Å²) < 4.78 is 38.7. The summed E-state index contributed by atoms with van der Waals surface area (Å²) in [5, 5.41) is 10.9. The molecule has 10 heteroatoms. The number of rotatable bonds is 2. The molecule has 1 aromatic carbocycles. The summed E-state index contributed by atoms with van der Waals surface area (Å²) in [7, 11) is 0. The standard InChI is InChI=1S/C16H20F2N2O6/c1-15(2,3)25-13(21)19(14(22)26-16(4,5)6)12-9(17)7-8-10(11(12)18)20(23)24/h7-8H,1-6H3. The first-order chi connectivity index (χ1) is 11.6. The lowest BCUT2D eigenvalue weighted by atomic mass is 10.2. The van der Waals surface area contributed by atoms with Gasteiger partial charge in [0.05, 0.1) is 4.92 Å². The van der Waals surface area contributed by atoms with Crippen molar-refractivity contribution in [2.24, 2.45) is 0 Å². The zero-order valence-electron chi connectivity index (χ0n) is 15.3. The molecule has 0 heterocycles. The van der Waals surface area contributed by atoms with E-state index in [-0.39, 0.29) is 4.90 Å². The molecular weight excluding hydrogens is 354 g/mol. The van der Waals surface area contributed by atoms with E-state index < -0.39 is 51.3 Å². The molecule has 0 spiro atoms. The molecule has 2 amide bonds. The lowest BCUT2D eigenvalue weighted by molar-refractivity contribution is -0.387. The fourth-order valence-corrected chi connectivity index (χ4v) is 1.75. The molecule has 0 saturated heterocycles. The van der Waals surface area contributed by atoms with E-state index in [2.05, 4.69) is 0 Å². The van der Waals surface area contributed by atoms with Gasteiger partial charge in [-0.3, -0.25) is 10.1 Å². The van der Waals surface area contributed by atoms with Crippen LogP contribution in [0.4, 0.5) is 29.7 Å². The first-order valence-electron chi connectivity index (χ1n) is 7.52. The van der Waals surface area contributed by atoms with E-state index in [1.54, 1.807) is 0 Å². The van der Waals surface area contributed by atoms with Gasteiger partial charge in [0.2, 0.25) is 5.82 Å². The van der Waals surface area contributed by atoms with Crippen LogP contribution in [-0.2, 0) is 9.47 Å². The molecule has 26 heavy (non-hydrogen) atoms. The molecule has 0 aromatic heterocycles. The van der Waals surface area contributed by atoms with E-state index in [9.17, 15) is 28.5 Å². The number of imide groups is 1. The number of nitro benzene ring substituents is 1. The summed E-state index contributed by atoms with van der Waals surface area (Å²) in [5.74, 6) is -3.07. The number of anilines is 1. The molecule has 1 aromatic rings. The Morgan fingerprint density at radius 2 is 1.42 bits per heavy atom. The average molecular weight is 374 g/mol. The van der Waals surface area contributed by atoms with E-state index in [1.165, 1.54) is 41.5 Å². The second-order valence-electron chi connectivity index (χ2n) is 7.28. The minimum absolute atomic E-state index is 0.0336. The van der Waals surface area contributed by atoms with Crippen molar-refractivity contribution in [2.45, 2.75) is 52.7 Å². The van der Waals surface area contributed by atoms with Crippen molar-refractivity contribution in [3.63, 3.8) is 0 Å². The van der Waals surface area contributed by atoms with Crippen molar-refractivity contribution in [3.05, 3.63) is 33.9 Å². The topological polar surface area (TPSA) is 99.0 Å². The number of benzene rings is 1. The zero-order valence-corrected chi connectivity index (χ0v) is 15.3. The fraction of sp³-hybridized carbons (Fsp3) is 0.500. The maximum Gasteiger partial charge on any atom is 0.424 e. The quantitative estimate of drug-likeness (QED) is 0.556. The number of nitro groups is 1. The first kappa shape index (κ1) is 21.3. The van der Waals surface area contributed by atoms with Gasteiger partial charge >= 0.3 is 17.9 Å². The van der Waals surface area contributed by atoms with Crippen LogP contribution in [0.15, 0.2) is 12.1 Å². The van der Waals surface area contributed by atoms with E-state index in [4.69, 9.17) is 9.47 Å². The molecule has 0 unspecified atom stereocenters. The lowest BCUT2D eigenvalue weighted by Crippen LogP contribution is -2.44. The number of hydrogen-bond acceptors (Lipinski definition) is 6. The van der Waals surface area contributed by atoms with Gasteiger partial charge in [0, 0.05) is 6.07 Å². The Morgan fingerprint density at radius 3 is 1.77 bits per heavy atom. The third-order valence-corrected chi connectivity index (χ3v) is 2.62. The normalized spacial score (nSPS) is 11.7. The zero-order chi connectivity index (χ0) is 20.4. The second-order valence-corrected chi connectivity index (χ2v) is 7.28. The minimum atomic E-state index is -1.70. The monoisotopic (exact) mass is 374 g/mol. The number of hydrogen-bond donors (Lipinski definition) is 0. The van der Waals surface area contributed by atoms with Crippen LogP contribution in [0.2, 0.25) is 0 Å². The maximum absolute atomic E-state index is 14.5. The molecule has 0 bridgehead atoms. The summed E-state index contributed by atoms with van der Waals surface area (Å²) in [4.78, 5) is 34.5. The highest BCUT2D eigenvalue weighted by atomic mass is 19.1. The van der Waals surface area contributed by atoms with Gasteiger partial charge in [-0.15, -0.1) is 0 Å².